The van der Waals surface area contributed by atoms with Crippen molar-refractivity contribution in [3.05, 3.63) is 11.6 Å². The normalized spacial score (nSPS) is 22.6. The highest BCUT2D eigenvalue weighted by Gasteiger charge is 2.29. The molecule has 2 aliphatic heterocycles. The monoisotopic (exact) mass is 208 g/mol. The molecule has 1 saturated heterocycles. The van der Waals surface area contributed by atoms with E-state index in [4.69, 9.17) is 0 Å². The van der Waals surface area contributed by atoms with Crippen molar-refractivity contribution in [3.8, 4) is 0 Å². The second kappa shape index (κ2) is 4.35. The summed E-state index contributed by atoms with van der Waals surface area (Å²) in [5.41, 5.74) is 1.51. The van der Waals surface area contributed by atoms with Gasteiger partial charge in [-0.15, -0.1) is 0 Å². The quantitative estimate of drug-likeness (QED) is 0.687. The fourth-order valence-corrected chi connectivity index (χ4v) is 2.13. The van der Waals surface area contributed by atoms with Gasteiger partial charge in [-0.05, 0) is 12.3 Å². The van der Waals surface area contributed by atoms with Crippen LogP contribution in [0.15, 0.2) is 11.6 Å². The van der Waals surface area contributed by atoms with Crippen LogP contribution in [-0.2, 0) is 4.79 Å². The van der Waals surface area contributed by atoms with Gasteiger partial charge in [0.05, 0.1) is 5.92 Å². The van der Waals surface area contributed by atoms with E-state index in [-0.39, 0.29) is 5.92 Å². The standard InChI is InChI=1S/C12H20N2O/c1-9(2)10-3-5-14(6-4-10)12(15)11-7-13-8-11/h3,9,11,13H,4-8H2,1-2H3. The molecule has 0 radical (unpaired) electrons. The van der Waals surface area contributed by atoms with Crippen LogP contribution in [0.3, 0.4) is 0 Å². The summed E-state index contributed by atoms with van der Waals surface area (Å²) in [6, 6.07) is 0. The summed E-state index contributed by atoms with van der Waals surface area (Å²) in [5.74, 6) is 1.22. The van der Waals surface area contributed by atoms with Crippen molar-refractivity contribution in [3.63, 3.8) is 0 Å². The zero-order valence-electron chi connectivity index (χ0n) is 9.62. The van der Waals surface area contributed by atoms with Crippen LogP contribution in [0.1, 0.15) is 20.3 Å². The highest BCUT2D eigenvalue weighted by Crippen LogP contribution is 2.20. The Morgan fingerprint density at radius 1 is 1.53 bits per heavy atom. The Labute approximate surface area is 91.5 Å². The summed E-state index contributed by atoms with van der Waals surface area (Å²) < 4.78 is 0. The molecule has 2 heterocycles. The number of hydrogen-bond acceptors (Lipinski definition) is 2. The number of carbonyl (C=O) groups excluding carboxylic acids is 1. The number of carbonyl (C=O) groups is 1. The third-order valence-electron chi connectivity index (χ3n) is 3.43. The van der Waals surface area contributed by atoms with Crippen LogP contribution in [0.2, 0.25) is 0 Å². The minimum absolute atomic E-state index is 0.249. The maximum absolute atomic E-state index is 11.9. The SMILES string of the molecule is CC(C)C1=CCN(C(=O)C2CNC2)CC1. The smallest absolute Gasteiger partial charge is 0.228 e. The highest BCUT2D eigenvalue weighted by atomic mass is 16.2. The van der Waals surface area contributed by atoms with Gasteiger partial charge in [0.25, 0.3) is 0 Å². The number of hydrogen-bond donors (Lipinski definition) is 1. The van der Waals surface area contributed by atoms with Gasteiger partial charge in [0.15, 0.2) is 0 Å². The van der Waals surface area contributed by atoms with Crippen molar-refractivity contribution >= 4 is 5.91 Å². The van der Waals surface area contributed by atoms with Crippen LogP contribution in [-0.4, -0.2) is 37.0 Å². The lowest BCUT2D eigenvalue weighted by molar-refractivity contribution is -0.136. The summed E-state index contributed by atoms with van der Waals surface area (Å²) in [6.07, 6.45) is 3.29. The lowest BCUT2D eigenvalue weighted by Crippen LogP contribution is -2.52. The summed E-state index contributed by atoms with van der Waals surface area (Å²) >= 11 is 0. The van der Waals surface area contributed by atoms with Gasteiger partial charge in [-0.1, -0.05) is 25.5 Å². The van der Waals surface area contributed by atoms with Gasteiger partial charge in [0.1, 0.15) is 0 Å². The second-order valence-electron chi connectivity index (χ2n) is 4.82. The molecule has 0 aromatic heterocycles. The molecule has 84 valence electrons. The van der Waals surface area contributed by atoms with Crippen LogP contribution in [0.25, 0.3) is 0 Å². The molecule has 1 fully saturated rings. The first-order valence-corrected chi connectivity index (χ1v) is 5.87. The zero-order chi connectivity index (χ0) is 10.8. The Hall–Kier alpha value is -0.830. The molecule has 1 N–H and O–H groups in total. The molecule has 0 spiro atoms. The van der Waals surface area contributed by atoms with E-state index in [1.54, 1.807) is 0 Å². The topological polar surface area (TPSA) is 32.3 Å². The molecule has 1 amide bonds. The molecule has 0 bridgehead atoms. The Morgan fingerprint density at radius 3 is 2.67 bits per heavy atom. The molecule has 0 atom stereocenters. The Bertz CT molecular complexity index is 279. The van der Waals surface area contributed by atoms with Crippen LogP contribution in [0.4, 0.5) is 0 Å². The molecular weight excluding hydrogens is 188 g/mol. The molecule has 2 rings (SSSR count). The van der Waals surface area contributed by atoms with E-state index >= 15 is 0 Å². The molecule has 0 unspecified atom stereocenters. The van der Waals surface area contributed by atoms with Gasteiger partial charge in [0.2, 0.25) is 5.91 Å². The molecule has 15 heavy (non-hydrogen) atoms. The molecular formula is C12H20N2O. The minimum Gasteiger partial charge on any atom is -0.338 e. The summed E-state index contributed by atoms with van der Waals surface area (Å²) in [7, 11) is 0. The molecule has 3 heteroatoms. The predicted octanol–water partition coefficient (Wildman–Crippen LogP) is 1.02. The third kappa shape index (κ3) is 2.23. The Morgan fingerprint density at radius 2 is 2.27 bits per heavy atom. The average Bonchev–Trinajstić information content (AvgIpc) is 2.15. The first kappa shape index (κ1) is 10.7. The maximum Gasteiger partial charge on any atom is 0.228 e. The Balaban J connectivity index is 1.89. The fraction of sp³-hybridized carbons (Fsp3) is 0.750. The van der Waals surface area contributed by atoms with E-state index < -0.39 is 0 Å². The highest BCUT2D eigenvalue weighted by molar-refractivity contribution is 5.80. The van der Waals surface area contributed by atoms with E-state index in [1.807, 2.05) is 4.90 Å². The van der Waals surface area contributed by atoms with E-state index in [0.717, 1.165) is 32.6 Å². The van der Waals surface area contributed by atoms with Gasteiger partial charge >= 0.3 is 0 Å². The lowest BCUT2D eigenvalue weighted by atomic mass is 9.95. The van der Waals surface area contributed by atoms with E-state index in [9.17, 15) is 4.79 Å². The van der Waals surface area contributed by atoms with Gasteiger partial charge in [-0.25, -0.2) is 0 Å². The van der Waals surface area contributed by atoms with Crippen LogP contribution >= 0.6 is 0 Å². The first-order chi connectivity index (χ1) is 7.18. The van der Waals surface area contributed by atoms with E-state index in [0.29, 0.717) is 11.8 Å². The third-order valence-corrected chi connectivity index (χ3v) is 3.43. The number of nitrogens with one attached hydrogen (secondary N) is 1. The van der Waals surface area contributed by atoms with Crippen molar-refractivity contribution in [2.75, 3.05) is 26.2 Å². The zero-order valence-corrected chi connectivity index (χ0v) is 9.62. The summed E-state index contributed by atoms with van der Waals surface area (Å²) in [6.45, 7) is 7.92. The molecule has 0 saturated carbocycles. The lowest BCUT2D eigenvalue weighted by Gasteiger charge is -2.34. The van der Waals surface area contributed by atoms with Gasteiger partial charge < -0.3 is 10.2 Å². The summed E-state index contributed by atoms with van der Waals surface area (Å²) in [5, 5.41) is 3.15. The Kier molecular flexibility index (Phi) is 3.10. The van der Waals surface area contributed by atoms with Crippen molar-refractivity contribution in [1.82, 2.24) is 10.2 Å². The van der Waals surface area contributed by atoms with Gasteiger partial charge in [-0.2, -0.15) is 0 Å². The number of nitrogens with zero attached hydrogens (tertiary/aromatic N) is 1. The maximum atomic E-state index is 11.9. The average molecular weight is 208 g/mol. The predicted molar refractivity (Wildman–Crippen MR) is 60.5 cm³/mol. The van der Waals surface area contributed by atoms with Crippen molar-refractivity contribution in [1.29, 1.82) is 0 Å². The molecule has 3 nitrogen and oxygen atoms in total. The van der Waals surface area contributed by atoms with E-state index in [1.165, 1.54) is 5.57 Å². The van der Waals surface area contributed by atoms with Crippen LogP contribution in [0, 0.1) is 11.8 Å². The molecule has 0 aliphatic carbocycles. The van der Waals surface area contributed by atoms with Crippen LogP contribution in [0.5, 0.6) is 0 Å². The van der Waals surface area contributed by atoms with Crippen LogP contribution < -0.4 is 5.32 Å². The fourth-order valence-electron chi connectivity index (χ4n) is 2.13. The van der Waals surface area contributed by atoms with Crippen molar-refractivity contribution < 1.29 is 4.79 Å². The first-order valence-electron chi connectivity index (χ1n) is 5.87. The molecule has 2 aliphatic rings. The van der Waals surface area contributed by atoms with Gasteiger partial charge in [0, 0.05) is 26.2 Å². The van der Waals surface area contributed by atoms with E-state index in [2.05, 4.69) is 25.2 Å². The number of rotatable bonds is 2. The minimum atomic E-state index is 0.249. The van der Waals surface area contributed by atoms with Crippen molar-refractivity contribution in [2.24, 2.45) is 11.8 Å². The molecule has 0 aromatic rings. The molecule has 0 aromatic carbocycles. The van der Waals surface area contributed by atoms with Crippen molar-refractivity contribution in [2.45, 2.75) is 20.3 Å². The second-order valence-corrected chi connectivity index (χ2v) is 4.82. The summed E-state index contributed by atoms with van der Waals surface area (Å²) in [4.78, 5) is 13.9. The largest absolute Gasteiger partial charge is 0.338 e. The van der Waals surface area contributed by atoms with Gasteiger partial charge in [-0.3, -0.25) is 4.79 Å². The number of amides is 1.